The van der Waals surface area contributed by atoms with E-state index in [-0.39, 0.29) is 12.0 Å². The largest absolute Gasteiger partial charge is 0.368 e. The fourth-order valence-electron chi connectivity index (χ4n) is 3.77. The van der Waals surface area contributed by atoms with Gasteiger partial charge in [-0.25, -0.2) is 0 Å². The lowest BCUT2D eigenvalue weighted by Gasteiger charge is -2.34. The number of nitrogens with zero attached hydrogens (tertiary/aromatic N) is 1. The Kier molecular flexibility index (Phi) is 2.89. The van der Waals surface area contributed by atoms with Gasteiger partial charge in [0.1, 0.15) is 6.10 Å². The lowest BCUT2D eigenvalue weighted by Crippen LogP contribution is -2.44. The molecule has 0 aromatic rings. The molecule has 0 aromatic heterocycles. The highest BCUT2D eigenvalue weighted by Crippen LogP contribution is 2.60. The van der Waals surface area contributed by atoms with Crippen LogP contribution in [0.4, 0.5) is 0 Å². The summed E-state index contributed by atoms with van der Waals surface area (Å²) in [4.78, 5) is 14.2. The van der Waals surface area contributed by atoms with E-state index in [9.17, 15) is 4.79 Å². The van der Waals surface area contributed by atoms with Gasteiger partial charge in [0.05, 0.1) is 0 Å². The minimum atomic E-state index is -0.120. The Morgan fingerprint density at radius 2 is 2.18 bits per heavy atom. The van der Waals surface area contributed by atoms with Crippen molar-refractivity contribution in [3.63, 3.8) is 0 Å². The first-order chi connectivity index (χ1) is 8.25. The molecule has 1 unspecified atom stereocenters. The lowest BCUT2D eigenvalue weighted by molar-refractivity contribution is -0.142. The van der Waals surface area contributed by atoms with E-state index < -0.39 is 0 Å². The number of carbonyl (C=O) groups excluding carboxylic acids is 1. The third-order valence-electron chi connectivity index (χ3n) is 5.13. The van der Waals surface area contributed by atoms with Crippen LogP contribution >= 0.6 is 0 Å². The topological polar surface area (TPSA) is 29.5 Å². The molecule has 0 aromatic carbocycles. The maximum absolute atomic E-state index is 12.2. The van der Waals surface area contributed by atoms with Gasteiger partial charge >= 0.3 is 0 Å². The van der Waals surface area contributed by atoms with Crippen LogP contribution in [0.3, 0.4) is 0 Å². The predicted octanol–water partition coefficient (Wildman–Crippen LogP) is 2.20. The van der Waals surface area contributed by atoms with Crippen LogP contribution in [-0.4, -0.2) is 36.6 Å². The zero-order valence-corrected chi connectivity index (χ0v) is 10.8. The molecule has 96 valence electrons. The molecule has 3 heteroatoms. The van der Waals surface area contributed by atoms with Gasteiger partial charge in [0.15, 0.2) is 0 Å². The number of rotatable bonds is 2. The minimum absolute atomic E-state index is 0.120. The smallest absolute Gasteiger partial charge is 0.251 e. The van der Waals surface area contributed by atoms with E-state index in [1.54, 1.807) is 0 Å². The highest BCUT2D eigenvalue weighted by atomic mass is 16.5. The molecule has 2 atom stereocenters. The van der Waals surface area contributed by atoms with Gasteiger partial charge in [-0.2, -0.15) is 0 Å². The first kappa shape index (κ1) is 11.5. The first-order valence-corrected chi connectivity index (χ1v) is 7.15. The van der Waals surface area contributed by atoms with E-state index in [2.05, 4.69) is 6.92 Å². The Morgan fingerprint density at radius 3 is 2.71 bits per heavy atom. The second-order valence-corrected chi connectivity index (χ2v) is 6.00. The second-order valence-electron chi connectivity index (χ2n) is 6.00. The van der Waals surface area contributed by atoms with Crippen molar-refractivity contribution in [2.75, 3.05) is 19.7 Å². The Labute approximate surface area is 104 Å². The van der Waals surface area contributed by atoms with Crippen LogP contribution < -0.4 is 0 Å². The van der Waals surface area contributed by atoms with Crippen LogP contribution in [0.5, 0.6) is 0 Å². The molecule has 1 spiro atoms. The molecular weight excluding hydrogens is 214 g/mol. The van der Waals surface area contributed by atoms with E-state index in [1.807, 2.05) is 4.90 Å². The molecule has 1 amide bonds. The van der Waals surface area contributed by atoms with Crippen LogP contribution in [-0.2, 0) is 9.53 Å². The van der Waals surface area contributed by atoms with E-state index in [0.717, 1.165) is 38.5 Å². The molecule has 17 heavy (non-hydrogen) atoms. The second kappa shape index (κ2) is 4.27. The van der Waals surface area contributed by atoms with E-state index >= 15 is 0 Å². The van der Waals surface area contributed by atoms with Gasteiger partial charge in [-0.1, -0.05) is 13.3 Å². The molecule has 3 fully saturated rings. The summed E-state index contributed by atoms with van der Waals surface area (Å²) in [5, 5.41) is 0. The molecule has 0 N–H and O–H groups in total. The molecule has 2 aliphatic heterocycles. The fraction of sp³-hybridized carbons (Fsp3) is 0.929. The summed E-state index contributed by atoms with van der Waals surface area (Å²) in [5.41, 5.74) is 0.627. The SMILES string of the molecule is CCC1CC12CCN(C(=O)[C@H]1CCCO1)CC2. The van der Waals surface area contributed by atoms with Crippen molar-refractivity contribution in [2.45, 2.75) is 51.6 Å². The molecule has 2 heterocycles. The number of likely N-dealkylation sites (tertiary alicyclic amines) is 1. The third-order valence-corrected chi connectivity index (χ3v) is 5.13. The number of hydrogen-bond acceptors (Lipinski definition) is 2. The van der Waals surface area contributed by atoms with E-state index in [4.69, 9.17) is 4.74 Å². The highest BCUT2D eigenvalue weighted by molar-refractivity contribution is 5.81. The maximum Gasteiger partial charge on any atom is 0.251 e. The summed E-state index contributed by atoms with van der Waals surface area (Å²) in [6.07, 6.45) is 7.04. The number of ether oxygens (including phenoxy) is 1. The Hall–Kier alpha value is -0.570. The fourth-order valence-corrected chi connectivity index (χ4v) is 3.77. The Morgan fingerprint density at radius 1 is 1.41 bits per heavy atom. The van der Waals surface area contributed by atoms with Crippen LogP contribution in [0.25, 0.3) is 0 Å². The molecule has 0 bridgehead atoms. The molecule has 1 aliphatic carbocycles. The van der Waals surface area contributed by atoms with Crippen LogP contribution in [0.2, 0.25) is 0 Å². The predicted molar refractivity (Wildman–Crippen MR) is 65.6 cm³/mol. The van der Waals surface area contributed by atoms with Gasteiger partial charge in [-0.3, -0.25) is 4.79 Å². The highest BCUT2D eigenvalue weighted by Gasteiger charge is 2.53. The molecular formula is C14H23NO2. The minimum Gasteiger partial charge on any atom is -0.368 e. The van der Waals surface area contributed by atoms with Gasteiger partial charge in [-0.05, 0) is 43.4 Å². The van der Waals surface area contributed by atoms with Crippen molar-refractivity contribution >= 4 is 5.91 Å². The zero-order chi connectivity index (χ0) is 11.9. The van der Waals surface area contributed by atoms with E-state index in [1.165, 1.54) is 25.7 Å². The summed E-state index contributed by atoms with van der Waals surface area (Å²) in [5.74, 6) is 1.20. The number of piperidine rings is 1. The van der Waals surface area contributed by atoms with Crippen molar-refractivity contribution in [3.05, 3.63) is 0 Å². The summed E-state index contributed by atoms with van der Waals surface area (Å²) < 4.78 is 5.49. The molecule has 1 saturated carbocycles. The van der Waals surface area contributed by atoms with Gasteiger partial charge in [0.2, 0.25) is 0 Å². The number of hydrogen-bond donors (Lipinski definition) is 0. The van der Waals surface area contributed by atoms with E-state index in [0.29, 0.717) is 5.41 Å². The Bertz CT molecular complexity index is 301. The average Bonchev–Trinajstić information content (AvgIpc) is 2.81. The molecule has 2 saturated heterocycles. The summed E-state index contributed by atoms with van der Waals surface area (Å²) in [6.45, 7) is 5.00. The van der Waals surface area contributed by atoms with Gasteiger partial charge < -0.3 is 9.64 Å². The molecule has 3 aliphatic rings. The van der Waals surface area contributed by atoms with Crippen LogP contribution in [0.1, 0.15) is 45.4 Å². The summed E-state index contributed by atoms with van der Waals surface area (Å²) >= 11 is 0. The van der Waals surface area contributed by atoms with Gasteiger partial charge in [0, 0.05) is 19.7 Å². The van der Waals surface area contributed by atoms with Crippen molar-refractivity contribution in [2.24, 2.45) is 11.3 Å². The van der Waals surface area contributed by atoms with Crippen molar-refractivity contribution in [3.8, 4) is 0 Å². The van der Waals surface area contributed by atoms with Crippen LogP contribution in [0.15, 0.2) is 0 Å². The number of carbonyl (C=O) groups is 1. The lowest BCUT2D eigenvalue weighted by atomic mass is 9.90. The van der Waals surface area contributed by atoms with Crippen molar-refractivity contribution in [1.29, 1.82) is 0 Å². The van der Waals surface area contributed by atoms with Crippen molar-refractivity contribution in [1.82, 2.24) is 4.90 Å². The molecule has 0 radical (unpaired) electrons. The first-order valence-electron chi connectivity index (χ1n) is 7.15. The van der Waals surface area contributed by atoms with Crippen molar-refractivity contribution < 1.29 is 9.53 Å². The summed E-state index contributed by atoms with van der Waals surface area (Å²) in [6, 6.07) is 0. The maximum atomic E-state index is 12.2. The standard InChI is InChI=1S/C14H23NO2/c1-2-11-10-14(11)5-7-15(8-6-14)13(16)12-4-3-9-17-12/h11-12H,2-10H2,1H3/t11?,12-/m1/s1. The average molecular weight is 237 g/mol. The van der Waals surface area contributed by atoms with Gasteiger partial charge in [-0.15, -0.1) is 0 Å². The third kappa shape index (κ3) is 1.99. The number of amides is 1. The van der Waals surface area contributed by atoms with Crippen LogP contribution in [0, 0.1) is 11.3 Å². The Balaban J connectivity index is 1.53. The van der Waals surface area contributed by atoms with Gasteiger partial charge in [0.25, 0.3) is 5.91 Å². The quantitative estimate of drug-likeness (QED) is 0.737. The molecule has 3 nitrogen and oxygen atoms in total. The monoisotopic (exact) mass is 237 g/mol. The zero-order valence-electron chi connectivity index (χ0n) is 10.8. The summed E-state index contributed by atoms with van der Waals surface area (Å²) in [7, 11) is 0. The molecule has 3 rings (SSSR count). The normalized spacial score (nSPS) is 35.2.